The van der Waals surface area contributed by atoms with Crippen LogP contribution in [0.3, 0.4) is 0 Å². The number of carbonyl (C=O) groups is 1. The molecule has 190 valence electrons. The molecule has 8 heteroatoms. The van der Waals surface area contributed by atoms with Crippen LogP contribution in [0.4, 0.5) is 0 Å². The lowest BCUT2D eigenvalue weighted by Crippen LogP contribution is -2.31. The van der Waals surface area contributed by atoms with Crippen molar-refractivity contribution in [3.05, 3.63) is 93.1 Å². The second-order valence-corrected chi connectivity index (χ2v) is 9.67. The molecule has 0 bridgehead atoms. The third-order valence-electron chi connectivity index (χ3n) is 6.84. The number of aromatic nitrogens is 2. The summed E-state index contributed by atoms with van der Waals surface area (Å²) in [6.45, 7) is 4.29. The van der Waals surface area contributed by atoms with Gasteiger partial charge in [0, 0.05) is 22.7 Å². The Kier molecular flexibility index (Phi) is 6.56. The molecular weight excluding hydrogens is 490 g/mol. The number of aromatic hydroxyl groups is 1. The molecule has 37 heavy (non-hydrogen) atoms. The van der Waals surface area contributed by atoms with E-state index in [1.807, 2.05) is 73.3 Å². The highest BCUT2D eigenvalue weighted by atomic mass is 35.5. The Bertz CT molecular complexity index is 1480. The molecule has 5 rings (SSSR count). The standard InChI is InChI=1S/C29H28ClN3O4/c1-16-13-17(2)28(34)21(14-16)25-24-26(32-31-25)29(35)33(27(24)19-6-8-20(30)9-7-19)12-11-18-5-10-22(36-3)23(15-18)37-4/h5-10,13-15,27,34H,11-12H2,1-4H3,(H,31,32). The maximum absolute atomic E-state index is 13.7. The minimum atomic E-state index is -0.395. The summed E-state index contributed by atoms with van der Waals surface area (Å²) in [5.74, 6) is 1.31. The highest BCUT2D eigenvalue weighted by Crippen LogP contribution is 2.45. The first-order valence-electron chi connectivity index (χ1n) is 12.0. The molecule has 0 saturated carbocycles. The number of H-pyrrole nitrogens is 1. The van der Waals surface area contributed by atoms with Crippen LogP contribution in [-0.2, 0) is 6.42 Å². The highest BCUT2D eigenvalue weighted by Gasteiger charge is 2.42. The van der Waals surface area contributed by atoms with E-state index in [4.69, 9.17) is 21.1 Å². The van der Waals surface area contributed by atoms with Crippen LogP contribution >= 0.6 is 11.6 Å². The van der Waals surface area contributed by atoms with E-state index >= 15 is 0 Å². The predicted molar refractivity (Wildman–Crippen MR) is 143 cm³/mol. The summed E-state index contributed by atoms with van der Waals surface area (Å²) >= 11 is 6.19. The van der Waals surface area contributed by atoms with Crippen molar-refractivity contribution in [1.29, 1.82) is 0 Å². The van der Waals surface area contributed by atoms with Crippen LogP contribution in [0.1, 0.15) is 44.3 Å². The molecular formula is C29H28ClN3O4. The minimum Gasteiger partial charge on any atom is -0.507 e. The zero-order valence-corrected chi connectivity index (χ0v) is 21.9. The number of phenols is 1. The first kappa shape index (κ1) is 24.7. The molecule has 1 aliphatic heterocycles. The van der Waals surface area contributed by atoms with Crippen molar-refractivity contribution in [2.75, 3.05) is 20.8 Å². The SMILES string of the molecule is COc1ccc(CCN2C(=O)c3[nH]nc(-c4cc(C)cc(C)c4O)c3C2c2ccc(Cl)cc2)cc1OC. The van der Waals surface area contributed by atoms with Crippen LogP contribution in [-0.4, -0.2) is 46.9 Å². The lowest BCUT2D eigenvalue weighted by atomic mass is 9.94. The van der Waals surface area contributed by atoms with E-state index in [0.29, 0.717) is 46.4 Å². The van der Waals surface area contributed by atoms with Gasteiger partial charge in [-0.3, -0.25) is 9.89 Å². The number of rotatable bonds is 7. The average molecular weight is 518 g/mol. The number of fused-ring (bicyclic) bond motifs is 1. The van der Waals surface area contributed by atoms with E-state index in [1.165, 1.54) is 0 Å². The van der Waals surface area contributed by atoms with Gasteiger partial charge in [-0.25, -0.2) is 0 Å². The molecule has 2 N–H and O–H groups in total. The largest absolute Gasteiger partial charge is 0.507 e. The normalized spacial score (nSPS) is 14.7. The molecule has 0 spiro atoms. The number of carbonyl (C=O) groups excluding carboxylic acids is 1. The van der Waals surface area contributed by atoms with Gasteiger partial charge in [-0.2, -0.15) is 5.10 Å². The fourth-order valence-corrected chi connectivity index (χ4v) is 5.18. The number of halogens is 1. The Morgan fingerprint density at radius 3 is 2.46 bits per heavy atom. The summed E-state index contributed by atoms with van der Waals surface area (Å²) in [5, 5.41) is 19.0. The Hall–Kier alpha value is -3.97. The second-order valence-electron chi connectivity index (χ2n) is 9.23. The van der Waals surface area contributed by atoms with Crippen LogP contribution < -0.4 is 9.47 Å². The average Bonchev–Trinajstić information content (AvgIpc) is 3.44. The zero-order valence-electron chi connectivity index (χ0n) is 21.1. The van der Waals surface area contributed by atoms with E-state index in [9.17, 15) is 9.90 Å². The Balaban J connectivity index is 1.57. The summed E-state index contributed by atoms with van der Waals surface area (Å²) in [5.41, 5.74) is 6.03. The molecule has 0 aliphatic carbocycles. The van der Waals surface area contributed by atoms with Crippen molar-refractivity contribution >= 4 is 17.5 Å². The summed E-state index contributed by atoms with van der Waals surface area (Å²) in [6.07, 6.45) is 0.609. The molecule has 1 unspecified atom stereocenters. The van der Waals surface area contributed by atoms with Gasteiger partial charge in [-0.1, -0.05) is 35.9 Å². The second kappa shape index (κ2) is 9.82. The first-order valence-corrected chi connectivity index (χ1v) is 12.4. The summed E-state index contributed by atoms with van der Waals surface area (Å²) in [4.78, 5) is 15.5. The number of hydrogen-bond acceptors (Lipinski definition) is 5. The monoisotopic (exact) mass is 517 g/mol. The number of amides is 1. The van der Waals surface area contributed by atoms with Crippen molar-refractivity contribution < 1.29 is 19.4 Å². The fraction of sp³-hybridized carbons (Fsp3) is 0.241. The number of methoxy groups -OCH3 is 2. The number of nitrogens with zero attached hydrogens (tertiary/aromatic N) is 2. The lowest BCUT2D eigenvalue weighted by Gasteiger charge is -2.27. The molecule has 1 amide bonds. The summed E-state index contributed by atoms with van der Waals surface area (Å²) < 4.78 is 10.8. The van der Waals surface area contributed by atoms with E-state index < -0.39 is 6.04 Å². The van der Waals surface area contributed by atoms with Crippen molar-refractivity contribution in [3.8, 4) is 28.5 Å². The molecule has 0 fully saturated rings. The van der Waals surface area contributed by atoms with Gasteiger partial charge in [0.15, 0.2) is 11.5 Å². The van der Waals surface area contributed by atoms with Gasteiger partial charge in [0.05, 0.1) is 20.3 Å². The van der Waals surface area contributed by atoms with Gasteiger partial charge in [0.25, 0.3) is 5.91 Å². The maximum Gasteiger partial charge on any atom is 0.273 e. The van der Waals surface area contributed by atoms with E-state index in [2.05, 4.69) is 10.2 Å². The van der Waals surface area contributed by atoms with E-state index in [0.717, 1.165) is 27.8 Å². The summed E-state index contributed by atoms with van der Waals surface area (Å²) in [6, 6.07) is 16.7. The molecule has 0 radical (unpaired) electrons. The van der Waals surface area contributed by atoms with Crippen molar-refractivity contribution in [2.45, 2.75) is 26.3 Å². The Morgan fingerprint density at radius 1 is 1.03 bits per heavy atom. The molecule has 2 heterocycles. The molecule has 4 aromatic rings. The number of aryl methyl sites for hydroxylation is 2. The van der Waals surface area contributed by atoms with Gasteiger partial charge in [0.2, 0.25) is 0 Å². The van der Waals surface area contributed by atoms with E-state index in [1.54, 1.807) is 14.2 Å². The number of nitrogens with one attached hydrogen (secondary N) is 1. The topological polar surface area (TPSA) is 87.7 Å². The molecule has 0 saturated heterocycles. The van der Waals surface area contributed by atoms with Gasteiger partial charge >= 0.3 is 0 Å². The van der Waals surface area contributed by atoms with Gasteiger partial charge in [-0.15, -0.1) is 0 Å². The number of ether oxygens (including phenoxy) is 2. The fourth-order valence-electron chi connectivity index (χ4n) is 5.05. The highest BCUT2D eigenvalue weighted by molar-refractivity contribution is 6.30. The number of benzene rings is 3. The molecule has 7 nitrogen and oxygen atoms in total. The third kappa shape index (κ3) is 4.40. The number of phenolic OH excluding ortho intramolecular Hbond substituents is 1. The first-order chi connectivity index (χ1) is 17.8. The molecule has 3 aromatic carbocycles. The number of aromatic amines is 1. The van der Waals surface area contributed by atoms with Crippen molar-refractivity contribution in [2.24, 2.45) is 0 Å². The minimum absolute atomic E-state index is 0.141. The van der Waals surface area contributed by atoms with Crippen molar-refractivity contribution in [3.63, 3.8) is 0 Å². The maximum atomic E-state index is 13.7. The Morgan fingerprint density at radius 2 is 1.76 bits per heavy atom. The van der Waals surface area contributed by atoms with Gasteiger partial charge in [0.1, 0.15) is 17.1 Å². The third-order valence-corrected chi connectivity index (χ3v) is 7.09. The quantitative estimate of drug-likeness (QED) is 0.321. The zero-order chi connectivity index (χ0) is 26.3. The smallest absolute Gasteiger partial charge is 0.273 e. The van der Waals surface area contributed by atoms with Gasteiger partial charge < -0.3 is 19.5 Å². The summed E-state index contributed by atoms with van der Waals surface area (Å²) in [7, 11) is 3.20. The van der Waals surface area contributed by atoms with Crippen molar-refractivity contribution in [1.82, 2.24) is 15.1 Å². The van der Waals surface area contributed by atoms with Crippen LogP contribution in [0.2, 0.25) is 5.02 Å². The van der Waals surface area contributed by atoms with Crippen LogP contribution in [0.25, 0.3) is 11.3 Å². The predicted octanol–water partition coefficient (Wildman–Crippen LogP) is 5.86. The van der Waals surface area contributed by atoms with Crippen LogP contribution in [0.5, 0.6) is 17.2 Å². The number of hydrogen-bond donors (Lipinski definition) is 2. The van der Waals surface area contributed by atoms with Crippen LogP contribution in [0.15, 0.2) is 54.6 Å². The molecule has 1 aliphatic rings. The molecule has 1 aromatic heterocycles. The molecule has 1 atom stereocenters. The Labute approximate surface area is 220 Å². The van der Waals surface area contributed by atoms with E-state index in [-0.39, 0.29) is 11.7 Å². The van der Waals surface area contributed by atoms with Crippen LogP contribution in [0, 0.1) is 13.8 Å². The lowest BCUT2D eigenvalue weighted by molar-refractivity contribution is 0.0746. The van der Waals surface area contributed by atoms with Gasteiger partial charge in [-0.05, 0) is 72.9 Å².